The van der Waals surface area contributed by atoms with E-state index in [2.05, 4.69) is 0 Å². The molecule has 0 radical (unpaired) electrons. The van der Waals surface area contributed by atoms with Crippen molar-refractivity contribution in [1.82, 2.24) is 0 Å². The number of amides is 1. The third-order valence-electron chi connectivity index (χ3n) is 1.84. The van der Waals surface area contributed by atoms with E-state index in [1.54, 1.807) is 0 Å². The molecule has 0 saturated carbocycles. The summed E-state index contributed by atoms with van der Waals surface area (Å²) >= 11 is 0. The van der Waals surface area contributed by atoms with Crippen molar-refractivity contribution in [2.45, 2.75) is 6.18 Å². The second-order valence-electron chi connectivity index (χ2n) is 3.08. The van der Waals surface area contributed by atoms with Crippen LogP contribution in [0.5, 0.6) is 0 Å². The van der Waals surface area contributed by atoms with Crippen molar-refractivity contribution in [3.63, 3.8) is 0 Å². The highest BCUT2D eigenvalue weighted by Crippen LogP contribution is 2.31. The number of nitrogens with two attached hydrogens (primary N) is 2. The number of alkyl halides is 3. The van der Waals surface area contributed by atoms with Crippen molar-refractivity contribution in [3.8, 4) is 0 Å². The molecule has 6 heteroatoms. The van der Waals surface area contributed by atoms with Crippen LogP contribution in [0, 0.1) is 0 Å². The molecule has 0 aliphatic rings. The summed E-state index contributed by atoms with van der Waals surface area (Å²) in [5.41, 5.74) is 9.66. The van der Waals surface area contributed by atoms with E-state index >= 15 is 0 Å². The molecule has 1 aromatic rings. The summed E-state index contributed by atoms with van der Waals surface area (Å²) in [6.45, 7) is 0. The Morgan fingerprint density at radius 3 is 2.38 bits per heavy atom. The number of hydrogen-bond acceptors (Lipinski definition) is 2. The van der Waals surface area contributed by atoms with Gasteiger partial charge in [0.1, 0.15) is 0 Å². The lowest BCUT2D eigenvalue weighted by Crippen LogP contribution is -2.07. The van der Waals surface area contributed by atoms with Gasteiger partial charge in [-0.3, -0.25) is 4.79 Å². The SMILES string of the molecule is NC(=O)C=Cc1ccc(C(F)(F)F)cc1N. The second-order valence-corrected chi connectivity index (χ2v) is 3.08. The molecule has 0 heterocycles. The summed E-state index contributed by atoms with van der Waals surface area (Å²) in [6.07, 6.45) is -2.14. The molecule has 16 heavy (non-hydrogen) atoms. The molecule has 86 valence electrons. The number of anilines is 1. The first kappa shape index (κ1) is 12.1. The number of benzene rings is 1. The minimum absolute atomic E-state index is 0.0627. The van der Waals surface area contributed by atoms with Crippen LogP contribution in [0.15, 0.2) is 24.3 Å². The smallest absolute Gasteiger partial charge is 0.398 e. The second kappa shape index (κ2) is 4.26. The van der Waals surface area contributed by atoms with Gasteiger partial charge in [-0.1, -0.05) is 6.07 Å². The van der Waals surface area contributed by atoms with Gasteiger partial charge in [-0.25, -0.2) is 0 Å². The summed E-state index contributed by atoms with van der Waals surface area (Å²) in [5.74, 6) is -0.695. The van der Waals surface area contributed by atoms with Gasteiger partial charge in [0.05, 0.1) is 5.56 Å². The first-order valence-corrected chi connectivity index (χ1v) is 4.25. The molecule has 0 aliphatic heterocycles. The van der Waals surface area contributed by atoms with Crippen LogP contribution in [0.4, 0.5) is 18.9 Å². The lowest BCUT2D eigenvalue weighted by atomic mass is 10.1. The van der Waals surface area contributed by atoms with Gasteiger partial charge in [0.2, 0.25) is 5.91 Å². The molecule has 4 N–H and O–H groups in total. The minimum Gasteiger partial charge on any atom is -0.398 e. The van der Waals surface area contributed by atoms with E-state index in [9.17, 15) is 18.0 Å². The molecule has 0 unspecified atom stereocenters. The molecule has 0 bridgehead atoms. The van der Waals surface area contributed by atoms with Crippen LogP contribution >= 0.6 is 0 Å². The summed E-state index contributed by atoms with van der Waals surface area (Å²) in [7, 11) is 0. The lowest BCUT2D eigenvalue weighted by molar-refractivity contribution is -0.137. The van der Waals surface area contributed by atoms with Gasteiger partial charge in [-0.2, -0.15) is 13.2 Å². The van der Waals surface area contributed by atoms with Crippen molar-refractivity contribution >= 4 is 17.7 Å². The number of rotatable bonds is 2. The van der Waals surface area contributed by atoms with E-state index in [4.69, 9.17) is 11.5 Å². The molecule has 3 nitrogen and oxygen atoms in total. The average Bonchev–Trinajstić information content (AvgIpc) is 2.14. The first-order valence-electron chi connectivity index (χ1n) is 4.25. The van der Waals surface area contributed by atoms with Crippen molar-refractivity contribution in [2.24, 2.45) is 5.73 Å². The quantitative estimate of drug-likeness (QED) is 0.600. The normalized spacial score (nSPS) is 11.9. The van der Waals surface area contributed by atoms with Crippen LogP contribution in [0.2, 0.25) is 0 Å². The number of carbonyl (C=O) groups excluding carboxylic acids is 1. The molecule has 0 spiro atoms. The molecule has 0 atom stereocenters. The Bertz CT molecular complexity index is 438. The molecule has 1 aromatic carbocycles. The van der Waals surface area contributed by atoms with E-state index < -0.39 is 17.6 Å². The molecule has 0 fully saturated rings. The van der Waals surface area contributed by atoms with Crippen molar-refractivity contribution in [3.05, 3.63) is 35.4 Å². The van der Waals surface area contributed by atoms with Gasteiger partial charge in [-0.05, 0) is 23.8 Å². The molecular weight excluding hydrogens is 221 g/mol. The van der Waals surface area contributed by atoms with Gasteiger partial charge >= 0.3 is 6.18 Å². The summed E-state index contributed by atoms with van der Waals surface area (Å²) in [5, 5.41) is 0. The van der Waals surface area contributed by atoms with E-state index in [0.29, 0.717) is 5.56 Å². The monoisotopic (exact) mass is 230 g/mol. The summed E-state index contributed by atoms with van der Waals surface area (Å²) in [4.78, 5) is 10.4. The fourth-order valence-electron chi connectivity index (χ4n) is 1.07. The van der Waals surface area contributed by atoms with Crippen LogP contribution in [0.25, 0.3) is 6.08 Å². The zero-order chi connectivity index (χ0) is 12.3. The Labute approximate surface area is 89.5 Å². The van der Waals surface area contributed by atoms with Gasteiger partial charge in [-0.15, -0.1) is 0 Å². The molecule has 1 rings (SSSR count). The fraction of sp³-hybridized carbons (Fsp3) is 0.100. The fourth-order valence-corrected chi connectivity index (χ4v) is 1.07. The van der Waals surface area contributed by atoms with E-state index in [-0.39, 0.29) is 5.69 Å². The Balaban J connectivity index is 3.05. The van der Waals surface area contributed by atoms with Crippen LogP contribution in [-0.2, 0) is 11.0 Å². The maximum atomic E-state index is 12.3. The third-order valence-corrected chi connectivity index (χ3v) is 1.84. The molecule has 0 aliphatic carbocycles. The highest BCUT2D eigenvalue weighted by Gasteiger charge is 2.30. The van der Waals surface area contributed by atoms with Gasteiger partial charge in [0.15, 0.2) is 0 Å². The van der Waals surface area contributed by atoms with Gasteiger partial charge in [0.25, 0.3) is 0 Å². The number of halogens is 3. The minimum atomic E-state index is -4.43. The molecule has 0 aromatic heterocycles. The van der Waals surface area contributed by atoms with Crippen molar-refractivity contribution in [2.75, 3.05) is 5.73 Å². The molecule has 0 saturated heterocycles. The number of nitrogen functional groups attached to an aromatic ring is 1. The van der Waals surface area contributed by atoms with Crippen LogP contribution in [0.3, 0.4) is 0 Å². The maximum absolute atomic E-state index is 12.3. The van der Waals surface area contributed by atoms with Crippen molar-refractivity contribution in [1.29, 1.82) is 0 Å². The average molecular weight is 230 g/mol. The predicted molar refractivity (Wildman–Crippen MR) is 54.1 cm³/mol. The zero-order valence-electron chi connectivity index (χ0n) is 8.08. The first-order chi connectivity index (χ1) is 7.30. The Kier molecular flexibility index (Phi) is 3.22. The van der Waals surface area contributed by atoms with Crippen LogP contribution < -0.4 is 11.5 Å². The number of primary amides is 1. The zero-order valence-corrected chi connectivity index (χ0v) is 8.08. The standard InChI is InChI=1S/C10H9F3N2O/c11-10(12,13)7-3-1-6(8(14)5-7)2-4-9(15)16/h1-5H,14H2,(H2,15,16). The third kappa shape index (κ3) is 3.01. The van der Waals surface area contributed by atoms with E-state index in [1.165, 1.54) is 12.1 Å². The van der Waals surface area contributed by atoms with Gasteiger partial charge < -0.3 is 11.5 Å². The molecule has 1 amide bonds. The van der Waals surface area contributed by atoms with Crippen LogP contribution in [-0.4, -0.2) is 5.91 Å². The lowest BCUT2D eigenvalue weighted by Gasteiger charge is -2.08. The highest BCUT2D eigenvalue weighted by atomic mass is 19.4. The molecular formula is C10H9F3N2O. The van der Waals surface area contributed by atoms with E-state index in [0.717, 1.165) is 18.2 Å². The van der Waals surface area contributed by atoms with Gasteiger partial charge in [0, 0.05) is 11.8 Å². The Hall–Kier alpha value is -1.98. The predicted octanol–water partition coefficient (Wildman–Crippen LogP) is 1.79. The number of carbonyl (C=O) groups is 1. The largest absolute Gasteiger partial charge is 0.416 e. The highest BCUT2D eigenvalue weighted by molar-refractivity contribution is 5.91. The summed E-state index contributed by atoms with van der Waals surface area (Å²) < 4.78 is 36.8. The Morgan fingerprint density at radius 2 is 1.94 bits per heavy atom. The van der Waals surface area contributed by atoms with E-state index in [1.807, 2.05) is 0 Å². The Morgan fingerprint density at radius 1 is 1.31 bits per heavy atom. The van der Waals surface area contributed by atoms with Crippen molar-refractivity contribution < 1.29 is 18.0 Å². The maximum Gasteiger partial charge on any atom is 0.416 e. The summed E-state index contributed by atoms with van der Waals surface area (Å²) in [6, 6.07) is 2.87. The van der Waals surface area contributed by atoms with Crippen LogP contribution in [0.1, 0.15) is 11.1 Å². The number of hydrogen-bond donors (Lipinski definition) is 2. The topological polar surface area (TPSA) is 69.1 Å².